The van der Waals surface area contributed by atoms with E-state index in [0.29, 0.717) is 25.7 Å². The zero-order chi connectivity index (χ0) is 16.2. The molecule has 2 N–H and O–H groups in total. The number of ether oxygens (including phenoxy) is 1. The van der Waals surface area contributed by atoms with E-state index >= 15 is 0 Å². The smallest absolute Gasteiger partial charge is 0.191 e. The lowest BCUT2D eigenvalue weighted by molar-refractivity contribution is 0.0674. The molecule has 1 aliphatic rings. The number of aryl methyl sites for hydroxylation is 2. The van der Waals surface area contributed by atoms with Crippen molar-refractivity contribution >= 4 is 5.96 Å². The van der Waals surface area contributed by atoms with Gasteiger partial charge in [0.15, 0.2) is 11.8 Å². The zero-order valence-corrected chi connectivity index (χ0v) is 13.6. The van der Waals surface area contributed by atoms with Crippen LogP contribution in [0.1, 0.15) is 17.0 Å². The number of pyridine rings is 1. The maximum atomic E-state index is 6.03. The molecule has 0 spiro atoms. The minimum absolute atomic E-state index is 0.521. The van der Waals surface area contributed by atoms with E-state index in [4.69, 9.17) is 10.5 Å². The second-order valence-electron chi connectivity index (χ2n) is 5.64. The molecule has 0 amide bonds. The predicted octanol–water partition coefficient (Wildman–Crippen LogP) is 1.03. The van der Waals surface area contributed by atoms with Gasteiger partial charge in [-0.05, 0) is 31.5 Å². The SMILES string of the molecule is Cc1cc(C)n(-c2ccc(CN=C(N)N3CCOCC3)cn2)n1. The van der Waals surface area contributed by atoms with Crippen LogP contribution < -0.4 is 5.73 Å². The average Bonchev–Trinajstić information content (AvgIpc) is 2.92. The maximum absolute atomic E-state index is 6.03. The van der Waals surface area contributed by atoms with Crippen molar-refractivity contribution in [1.82, 2.24) is 19.7 Å². The van der Waals surface area contributed by atoms with Gasteiger partial charge in [0.2, 0.25) is 0 Å². The van der Waals surface area contributed by atoms with Crippen LogP contribution in [-0.4, -0.2) is 51.9 Å². The van der Waals surface area contributed by atoms with Gasteiger partial charge in [0.1, 0.15) is 0 Å². The molecule has 0 unspecified atom stereocenters. The van der Waals surface area contributed by atoms with Crippen molar-refractivity contribution in [2.24, 2.45) is 10.7 Å². The molecule has 3 rings (SSSR count). The highest BCUT2D eigenvalue weighted by Gasteiger charge is 2.12. The molecule has 3 heterocycles. The Balaban J connectivity index is 1.66. The Morgan fingerprint density at radius 1 is 1.30 bits per heavy atom. The van der Waals surface area contributed by atoms with Gasteiger partial charge in [0.25, 0.3) is 0 Å². The second-order valence-corrected chi connectivity index (χ2v) is 5.64. The van der Waals surface area contributed by atoms with Crippen LogP contribution in [0, 0.1) is 13.8 Å². The van der Waals surface area contributed by atoms with Crippen LogP contribution in [0.2, 0.25) is 0 Å². The number of aromatic nitrogens is 3. The normalized spacial score (nSPS) is 15.9. The first-order chi connectivity index (χ1) is 11.1. The minimum atomic E-state index is 0.521. The first-order valence-corrected chi connectivity index (χ1v) is 7.74. The molecule has 0 atom stereocenters. The summed E-state index contributed by atoms with van der Waals surface area (Å²) in [5, 5.41) is 4.43. The van der Waals surface area contributed by atoms with Crippen LogP contribution in [0.25, 0.3) is 5.82 Å². The van der Waals surface area contributed by atoms with Gasteiger partial charge < -0.3 is 15.4 Å². The average molecular weight is 314 g/mol. The fourth-order valence-electron chi connectivity index (χ4n) is 2.56. The first-order valence-electron chi connectivity index (χ1n) is 7.74. The Morgan fingerprint density at radius 2 is 2.09 bits per heavy atom. The van der Waals surface area contributed by atoms with Crippen molar-refractivity contribution < 1.29 is 4.74 Å². The highest BCUT2D eigenvalue weighted by Crippen LogP contribution is 2.11. The fraction of sp³-hybridized carbons (Fsp3) is 0.438. The lowest BCUT2D eigenvalue weighted by atomic mass is 10.3. The van der Waals surface area contributed by atoms with Gasteiger partial charge in [-0.2, -0.15) is 5.10 Å². The molecule has 7 heteroatoms. The second kappa shape index (κ2) is 6.78. The molecular weight excluding hydrogens is 292 g/mol. The summed E-state index contributed by atoms with van der Waals surface area (Å²) in [5.41, 5.74) is 9.10. The van der Waals surface area contributed by atoms with Gasteiger partial charge in [-0.25, -0.2) is 14.7 Å². The number of aliphatic imine (C=N–C) groups is 1. The maximum Gasteiger partial charge on any atom is 0.191 e. The summed E-state index contributed by atoms with van der Waals surface area (Å²) in [5.74, 6) is 1.38. The molecule has 0 aliphatic carbocycles. The highest BCUT2D eigenvalue weighted by atomic mass is 16.5. The van der Waals surface area contributed by atoms with Gasteiger partial charge in [0, 0.05) is 25.0 Å². The Morgan fingerprint density at radius 3 is 2.70 bits per heavy atom. The first kappa shape index (κ1) is 15.5. The van der Waals surface area contributed by atoms with Gasteiger partial charge in [-0.15, -0.1) is 0 Å². The van der Waals surface area contributed by atoms with Gasteiger partial charge in [-0.3, -0.25) is 0 Å². The molecule has 0 bridgehead atoms. The largest absolute Gasteiger partial charge is 0.378 e. The summed E-state index contributed by atoms with van der Waals surface area (Å²) in [6.45, 7) is 7.51. The molecule has 0 aromatic carbocycles. The summed E-state index contributed by atoms with van der Waals surface area (Å²) in [4.78, 5) is 11.0. The number of nitrogens with zero attached hydrogens (tertiary/aromatic N) is 5. The summed E-state index contributed by atoms with van der Waals surface area (Å²) in [7, 11) is 0. The van der Waals surface area contributed by atoms with Crippen molar-refractivity contribution in [2.45, 2.75) is 20.4 Å². The molecular formula is C16H22N6O. The van der Waals surface area contributed by atoms with Crippen molar-refractivity contribution in [3.63, 3.8) is 0 Å². The monoisotopic (exact) mass is 314 g/mol. The van der Waals surface area contributed by atoms with E-state index in [9.17, 15) is 0 Å². The van der Waals surface area contributed by atoms with Crippen LogP contribution >= 0.6 is 0 Å². The molecule has 0 radical (unpaired) electrons. The summed E-state index contributed by atoms with van der Waals surface area (Å²) >= 11 is 0. The third kappa shape index (κ3) is 3.68. The number of nitrogens with two attached hydrogens (primary N) is 1. The van der Waals surface area contributed by atoms with Crippen LogP contribution in [0.4, 0.5) is 0 Å². The predicted molar refractivity (Wildman–Crippen MR) is 88.6 cm³/mol. The molecule has 1 aliphatic heterocycles. The molecule has 7 nitrogen and oxygen atoms in total. The number of rotatable bonds is 3. The summed E-state index contributed by atoms with van der Waals surface area (Å²) < 4.78 is 7.15. The third-order valence-electron chi connectivity index (χ3n) is 3.79. The van der Waals surface area contributed by atoms with E-state index < -0.39 is 0 Å². The minimum Gasteiger partial charge on any atom is -0.378 e. The lowest BCUT2D eigenvalue weighted by Gasteiger charge is -2.27. The molecule has 0 saturated carbocycles. The van der Waals surface area contributed by atoms with Gasteiger partial charge in [0.05, 0.1) is 25.5 Å². The van der Waals surface area contributed by atoms with E-state index in [0.717, 1.165) is 35.9 Å². The van der Waals surface area contributed by atoms with E-state index in [1.807, 2.05) is 47.8 Å². The molecule has 23 heavy (non-hydrogen) atoms. The number of hydrogen-bond donors (Lipinski definition) is 1. The Labute approximate surface area is 135 Å². The van der Waals surface area contributed by atoms with Crippen molar-refractivity contribution in [1.29, 1.82) is 0 Å². The van der Waals surface area contributed by atoms with Crippen molar-refractivity contribution in [3.8, 4) is 5.82 Å². The van der Waals surface area contributed by atoms with Gasteiger partial charge >= 0.3 is 0 Å². The van der Waals surface area contributed by atoms with E-state index in [1.165, 1.54) is 0 Å². The quantitative estimate of drug-likeness (QED) is 0.676. The zero-order valence-electron chi connectivity index (χ0n) is 13.6. The standard InChI is InChI=1S/C16H22N6O/c1-12-9-13(2)22(20-12)15-4-3-14(10-18-15)11-19-16(17)21-5-7-23-8-6-21/h3-4,9-10H,5-8,11H2,1-2H3,(H2,17,19). The highest BCUT2D eigenvalue weighted by molar-refractivity contribution is 5.78. The van der Waals surface area contributed by atoms with Crippen LogP contribution in [0.5, 0.6) is 0 Å². The Hall–Kier alpha value is -2.41. The van der Waals surface area contributed by atoms with Crippen molar-refractivity contribution in [2.75, 3.05) is 26.3 Å². The van der Waals surface area contributed by atoms with Crippen LogP contribution in [0.3, 0.4) is 0 Å². The third-order valence-corrected chi connectivity index (χ3v) is 3.79. The van der Waals surface area contributed by atoms with E-state index in [2.05, 4.69) is 15.1 Å². The lowest BCUT2D eigenvalue weighted by Crippen LogP contribution is -2.44. The van der Waals surface area contributed by atoms with E-state index in [-0.39, 0.29) is 0 Å². The fourth-order valence-corrected chi connectivity index (χ4v) is 2.56. The van der Waals surface area contributed by atoms with Crippen LogP contribution in [0.15, 0.2) is 29.4 Å². The molecule has 2 aromatic rings. The Bertz CT molecular complexity index is 685. The molecule has 2 aromatic heterocycles. The number of morpholine rings is 1. The number of guanidine groups is 1. The summed E-state index contributed by atoms with van der Waals surface area (Å²) in [6, 6.07) is 5.99. The molecule has 1 fully saturated rings. The molecule has 1 saturated heterocycles. The van der Waals surface area contributed by atoms with Gasteiger partial charge in [-0.1, -0.05) is 6.07 Å². The molecule has 122 valence electrons. The van der Waals surface area contributed by atoms with Crippen molar-refractivity contribution in [3.05, 3.63) is 41.3 Å². The number of hydrogen-bond acceptors (Lipinski definition) is 4. The topological polar surface area (TPSA) is 81.6 Å². The van der Waals surface area contributed by atoms with E-state index in [1.54, 1.807) is 0 Å². The van der Waals surface area contributed by atoms with Crippen LogP contribution in [-0.2, 0) is 11.3 Å². The Kier molecular flexibility index (Phi) is 4.57. The summed E-state index contributed by atoms with van der Waals surface area (Å²) in [6.07, 6.45) is 1.82.